The van der Waals surface area contributed by atoms with Crippen LogP contribution in [-0.4, -0.2) is 299 Å². The molecule has 0 aliphatic carbocycles. The van der Waals surface area contributed by atoms with Crippen molar-refractivity contribution in [1.82, 2.24) is 0 Å². The zero-order valence-corrected chi connectivity index (χ0v) is 38.1. The molecule has 5 rings (SSSR count). The smallest absolute Gasteiger partial charge is 0.470 e. The average molecular weight is 1080 g/mol. The highest BCUT2D eigenvalue weighted by Crippen LogP contribution is 2.44. The number of carboxylic acid groups (broad SMARTS) is 3. The molecule has 0 saturated carbocycles. The number of rotatable bonds is 21. The Morgan fingerprint density at radius 1 is 0.597 bits per heavy atom. The zero-order valence-electron chi connectivity index (χ0n) is 37.2. The molecule has 5 heterocycles. The molecule has 0 amide bonds. The summed E-state index contributed by atoms with van der Waals surface area (Å²) in [6.07, 6.45) is -46.2. The zero-order chi connectivity index (χ0) is 54.2. The molecule has 25 atom stereocenters. The summed E-state index contributed by atoms with van der Waals surface area (Å²) < 4.78 is 65.6. The van der Waals surface area contributed by atoms with E-state index in [0.29, 0.717) is 0 Å². The molecule has 418 valence electrons. The minimum Gasteiger partial charge on any atom is -0.477 e. The van der Waals surface area contributed by atoms with Gasteiger partial charge >= 0.3 is 25.7 Å². The van der Waals surface area contributed by atoms with Crippen LogP contribution < -0.4 is 11.5 Å². The van der Waals surface area contributed by atoms with Gasteiger partial charge in [0.25, 0.3) is 17.4 Å². The lowest BCUT2D eigenvalue weighted by Crippen LogP contribution is -2.68. The summed E-state index contributed by atoms with van der Waals surface area (Å²) in [6.45, 7) is -5.95. The van der Waals surface area contributed by atoms with Crippen molar-refractivity contribution in [2.75, 3.05) is 33.0 Å². The van der Waals surface area contributed by atoms with Crippen molar-refractivity contribution in [3.63, 3.8) is 0 Å². The van der Waals surface area contributed by atoms with Gasteiger partial charge in [0.15, 0.2) is 12.6 Å². The van der Waals surface area contributed by atoms with Gasteiger partial charge in [0.1, 0.15) is 91.6 Å². The maximum absolute atomic E-state index is 13.2. The number of nitrogens with two attached hydrogens (primary N) is 2. The maximum atomic E-state index is 13.2. The molecule has 0 aromatic heterocycles. The first-order valence-electron chi connectivity index (χ1n) is 21.6. The van der Waals surface area contributed by atoms with Crippen LogP contribution in [-0.2, 0) is 66.1 Å². The summed E-state index contributed by atoms with van der Waals surface area (Å²) in [5, 5.41) is 178. The predicted molar refractivity (Wildman–Crippen MR) is 215 cm³/mol. The number of carboxylic acids is 3. The Morgan fingerprint density at radius 3 is 1.60 bits per heavy atom. The summed E-state index contributed by atoms with van der Waals surface area (Å²) in [4.78, 5) is 58.0. The molecule has 23 N–H and O–H groups in total. The first kappa shape index (κ1) is 60.4. The van der Waals surface area contributed by atoms with E-state index in [9.17, 15) is 116 Å². The van der Waals surface area contributed by atoms with Gasteiger partial charge in [-0.05, 0) is 0 Å². The lowest BCUT2D eigenvalue weighted by Gasteiger charge is -2.50. The molecular formula is C36H61N2O33P. The van der Waals surface area contributed by atoms with Gasteiger partial charge in [0.05, 0.1) is 63.4 Å². The van der Waals surface area contributed by atoms with Gasteiger partial charge in [0, 0.05) is 19.3 Å². The van der Waals surface area contributed by atoms with Gasteiger partial charge in [-0.15, -0.1) is 0 Å². The molecule has 1 unspecified atom stereocenters. The first-order valence-corrected chi connectivity index (χ1v) is 23.2. The van der Waals surface area contributed by atoms with Crippen LogP contribution in [0, 0.1) is 0 Å². The number of phosphoric acid groups is 1. The third kappa shape index (κ3) is 12.8. The standard InChI is InChI=1S/C36H61N2O33P/c37-17-23(50)21(48)15(65-29(17)52)7-62-30-18(38)24(51)28(71-72(59,60)61)16(66-30)8-64-35(32(55)56)3-14(22(49)26(69-35)12(44)5-40)67-36(33(57)58)2-10(42)20(47)27(70-36)13(45)6-63-34(31(53)54)1-9(41)19(46)25(68-34)11(43)4-39/h9-30,39-52H,1-8,37-38H2,(H,53,54)(H,55,56)(H,57,58)(H2,59,60,61)/t9-,10?,11-,12-,13-,14-,15-,16-,17-,18-,19-,20-,21-,22-,23-,24-,25-,26-,27-,28-,29+,30-,34-,35-,36-/m1/s1. The number of hydrogen-bond donors (Lipinski definition) is 21. The highest BCUT2D eigenvalue weighted by Gasteiger charge is 2.62. The maximum Gasteiger partial charge on any atom is 0.470 e. The number of hydrogen-bond acceptors (Lipinski definition) is 30. The number of aliphatic carboxylic acids is 3. The minimum atomic E-state index is -5.63. The van der Waals surface area contributed by atoms with Crippen LogP contribution in [0.4, 0.5) is 0 Å². The van der Waals surface area contributed by atoms with E-state index in [1.807, 2.05) is 0 Å². The van der Waals surface area contributed by atoms with Crippen LogP contribution in [0.25, 0.3) is 0 Å². The molecule has 35 nitrogen and oxygen atoms in total. The van der Waals surface area contributed by atoms with Crippen LogP contribution in [0.3, 0.4) is 0 Å². The summed E-state index contributed by atoms with van der Waals surface area (Å²) in [6, 6.07) is -3.28. The molecule has 5 aliphatic heterocycles. The molecule has 5 saturated heterocycles. The van der Waals surface area contributed by atoms with Crippen molar-refractivity contribution in [3.8, 4) is 0 Å². The Morgan fingerprint density at radius 2 is 1.08 bits per heavy atom. The Kier molecular flexibility index (Phi) is 20.0. The number of ether oxygens (including phenoxy) is 9. The number of phosphoric ester groups is 1. The Balaban J connectivity index is 1.42. The Hall–Kier alpha value is -2.48. The molecule has 72 heavy (non-hydrogen) atoms. The van der Waals surface area contributed by atoms with Crippen molar-refractivity contribution >= 4 is 25.7 Å². The summed E-state index contributed by atoms with van der Waals surface area (Å²) >= 11 is 0. The van der Waals surface area contributed by atoms with Crippen molar-refractivity contribution in [1.29, 1.82) is 0 Å². The van der Waals surface area contributed by atoms with E-state index in [2.05, 4.69) is 4.52 Å². The lowest BCUT2D eigenvalue weighted by atomic mass is 9.89. The number of aliphatic hydroxyl groups is 14. The molecule has 0 radical (unpaired) electrons. The van der Waals surface area contributed by atoms with E-state index in [-0.39, 0.29) is 0 Å². The van der Waals surface area contributed by atoms with Crippen molar-refractivity contribution in [3.05, 3.63) is 0 Å². The second kappa shape index (κ2) is 23.8. The number of carbonyl (C=O) groups is 3. The van der Waals surface area contributed by atoms with Crippen LogP contribution in [0.15, 0.2) is 0 Å². The second-order valence-electron chi connectivity index (χ2n) is 17.6. The predicted octanol–water partition coefficient (Wildman–Crippen LogP) is -12.3. The Bertz CT molecular complexity index is 1890. The van der Waals surface area contributed by atoms with Crippen molar-refractivity contribution < 1.29 is 163 Å². The van der Waals surface area contributed by atoms with Crippen LogP contribution >= 0.6 is 7.82 Å². The van der Waals surface area contributed by atoms with E-state index < -0.39 is 230 Å². The van der Waals surface area contributed by atoms with Gasteiger partial charge < -0.3 is 151 Å². The van der Waals surface area contributed by atoms with Gasteiger partial charge in [-0.3, -0.25) is 4.52 Å². The SMILES string of the molecule is N[C@@H]1[C@@H](O)[C@H](O)[C@@H](CO[C@@H]2O[C@H](CO[C@]3(C(=O)O)C[C@@H](O[C@]4(C(=O)O)CC(O)[C@@H](O)[C@@H]([C@H](O)CO[C@]5(C(=O)O)C[C@@H](O)[C@@H](O)[C@@H]([C@H](O)CO)O5)O4)[C@@H](O)[C@@H]([C@H](O)CO)O3)[C@@H](OP(=O)(O)O)[C@H](O)[C@H]2N)O[C@@H]1O. The number of aliphatic hydroxyl groups excluding tert-OH is 14. The van der Waals surface area contributed by atoms with Crippen LogP contribution in [0.2, 0.25) is 0 Å². The first-order chi connectivity index (χ1) is 33.4. The third-order valence-electron chi connectivity index (χ3n) is 12.6. The van der Waals surface area contributed by atoms with Gasteiger partial charge in [-0.2, -0.15) is 0 Å². The molecule has 0 bridgehead atoms. The second-order valence-corrected chi connectivity index (χ2v) is 18.8. The largest absolute Gasteiger partial charge is 0.477 e. The molecule has 36 heteroatoms. The summed E-state index contributed by atoms with van der Waals surface area (Å²) in [5.41, 5.74) is 11.6. The molecule has 5 fully saturated rings. The fourth-order valence-electron chi connectivity index (χ4n) is 8.51. The molecule has 0 aromatic carbocycles. The van der Waals surface area contributed by atoms with Gasteiger partial charge in [-0.1, -0.05) is 0 Å². The van der Waals surface area contributed by atoms with E-state index in [0.717, 1.165) is 0 Å². The summed E-state index contributed by atoms with van der Waals surface area (Å²) in [5.74, 6) is -16.3. The average Bonchev–Trinajstić information content (AvgIpc) is 3.31. The van der Waals surface area contributed by atoms with Gasteiger partial charge in [-0.25, -0.2) is 18.9 Å². The van der Waals surface area contributed by atoms with Crippen molar-refractivity contribution in [2.45, 2.75) is 171 Å². The van der Waals surface area contributed by atoms with E-state index in [1.165, 1.54) is 0 Å². The monoisotopic (exact) mass is 1080 g/mol. The highest BCUT2D eigenvalue weighted by molar-refractivity contribution is 7.46. The molecule has 0 aromatic rings. The molecular weight excluding hydrogens is 1020 g/mol. The quantitative estimate of drug-likeness (QED) is 0.0475. The third-order valence-corrected chi connectivity index (χ3v) is 13.1. The van der Waals surface area contributed by atoms with E-state index >= 15 is 0 Å². The lowest BCUT2D eigenvalue weighted by molar-refractivity contribution is -0.380. The topological polar surface area (TPSA) is 597 Å². The normalized spacial score (nSPS) is 45.4. The molecule has 5 aliphatic rings. The fourth-order valence-corrected chi connectivity index (χ4v) is 9.09. The highest BCUT2D eigenvalue weighted by atomic mass is 31.2. The van der Waals surface area contributed by atoms with Crippen LogP contribution in [0.1, 0.15) is 19.3 Å². The van der Waals surface area contributed by atoms with E-state index in [1.54, 1.807) is 0 Å². The van der Waals surface area contributed by atoms with Crippen LogP contribution in [0.5, 0.6) is 0 Å². The van der Waals surface area contributed by atoms with Crippen molar-refractivity contribution in [2.24, 2.45) is 11.5 Å². The van der Waals surface area contributed by atoms with Gasteiger partial charge in [0.2, 0.25) is 0 Å². The minimum absolute atomic E-state index is 0.807. The van der Waals surface area contributed by atoms with E-state index in [4.69, 9.17) is 54.1 Å². The fraction of sp³-hybridized carbons (Fsp3) is 0.917. The Labute approximate surface area is 403 Å². The summed E-state index contributed by atoms with van der Waals surface area (Å²) in [7, 11) is -5.63. The molecule has 0 spiro atoms.